The molecule has 0 bridgehead atoms. The smallest absolute Gasteiger partial charge is 0.326 e. The number of rotatable bonds is 7. The van der Waals surface area contributed by atoms with E-state index in [1.54, 1.807) is 12.1 Å². The predicted molar refractivity (Wildman–Crippen MR) is 82.2 cm³/mol. The number of hydrogen-bond acceptors (Lipinski definition) is 5. The molecule has 1 aromatic carbocycles. The zero-order valence-electron chi connectivity index (χ0n) is 12.6. The molecule has 2 N–H and O–H groups in total. The zero-order chi connectivity index (χ0) is 16.8. The Hall–Kier alpha value is -1.99. The molecule has 0 radical (unpaired) electrons. The van der Waals surface area contributed by atoms with E-state index in [0.29, 0.717) is 35.3 Å². The molecule has 0 saturated heterocycles. The molecule has 0 fully saturated rings. The molecule has 8 heteroatoms. The second kappa shape index (κ2) is 8.03. The highest BCUT2D eigenvalue weighted by Crippen LogP contribution is 2.38. The maximum absolute atomic E-state index is 12.0. The van der Waals surface area contributed by atoms with Crippen LogP contribution in [-0.2, 0) is 20.7 Å². The maximum atomic E-state index is 12.0. The molecular weight excluding hydrogens is 326 g/mol. The fraction of sp³-hybridized carbons (Fsp3) is 0.467. The Morgan fingerprint density at radius 3 is 2.83 bits per heavy atom. The molecule has 1 aromatic rings. The van der Waals surface area contributed by atoms with Crippen LogP contribution in [0.4, 0.5) is 0 Å². The first-order valence-electron chi connectivity index (χ1n) is 7.10. The van der Waals surface area contributed by atoms with E-state index >= 15 is 0 Å². The molecule has 2 rings (SSSR count). The Kier molecular flexibility index (Phi) is 6.06. The minimum Gasteiger partial charge on any atom is -0.486 e. The van der Waals surface area contributed by atoms with Crippen molar-refractivity contribution in [1.82, 2.24) is 5.32 Å². The number of carbonyl (C=O) groups excluding carboxylic acids is 1. The summed E-state index contributed by atoms with van der Waals surface area (Å²) in [6.07, 6.45) is 0.187. The van der Waals surface area contributed by atoms with Crippen molar-refractivity contribution in [2.45, 2.75) is 18.9 Å². The van der Waals surface area contributed by atoms with E-state index in [4.69, 9.17) is 30.9 Å². The van der Waals surface area contributed by atoms with Gasteiger partial charge in [-0.25, -0.2) is 4.79 Å². The third kappa shape index (κ3) is 4.74. The van der Waals surface area contributed by atoms with Crippen molar-refractivity contribution in [1.29, 1.82) is 0 Å². The lowest BCUT2D eigenvalue weighted by molar-refractivity contribution is -0.142. The number of methoxy groups -OCH3 is 1. The topological polar surface area (TPSA) is 94.1 Å². The van der Waals surface area contributed by atoms with Crippen LogP contribution in [0.15, 0.2) is 12.1 Å². The molecule has 0 aliphatic carbocycles. The van der Waals surface area contributed by atoms with Gasteiger partial charge in [-0.15, -0.1) is 0 Å². The number of benzene rings is 1. The Balaban J connectivity index is 2.02. The fourth-order valence-corrected chi connectivity index (χ4v) is 2.48. The largest absolute Gasteiger partial charge is 0.486 e. The van der Waals surface area contributed by atoms with E-state index in [-0.39, 0.29) is 19.4 Å². The molecule has 1 atom stereocenters. The van der Waals surface area contributed by atoms with Crippen molar-refractivity contribution in [3.63, 3.8) is 0 Å². The average molecular weight is 344 g/mol. The first-order valence-corrected chi connectivity index (χ1v) is 7.48. The molecule has 7 nitrogen and oxygen atoms in total. The van der Waals surface area contributed by atoms with E-state index in [2.05, 4.69) is 5.32 Å². The minimum atomic E-state index is -1.10. The van der Waals surface area contributed by atoms with Crippen LogP contribution >= 0.6 is 11.6 Å². The zero-order valence-corrected chi connectivity index (χ0v) is 13.4. The lowest BCUT2D eigenvalue weighted by atomic mass is 10.1. The Morgan fingerprint density at radius 2 is 2.13 bits per heavy atom. The van der Waals surface area contributed by atoms with Gasteiger partial charge in [0.25, 0.3) is 0 Å². The van der Waals surface area contributed by atoms with Crippen LogP contribution in [0.2, 0.25) is 5.02 Å². The summed E-state index contributed by atoms with van der Waals surface area (Å²) in [7, 11) is 1.47. The summed E-state index contributed by atoms with van der Waals surface area (Å²) in [6, 6.07) is 2.29. The molecule has 1 amide bonds. The average Bonchev–Trinajstić information content (AvgIpc) is 2.51. The summed E-state index contributed by atoms with van der Waals surface area (Å²) < 4.78 is 15.7. The molecule has 23 heavy (non-hydrogen) atoms. The number of carboxylic acids is 1. The van der Waals surface area contributed by atoms with Crippen LogP contribution in [0.5, 0.6) is 11.5 Å². The number of carboxylic acid groups (broad SMARTS) is 1. The molecular formula is C15H18ClNO6. The van der Waals surface area contributed by atoms with Crippen LogP contribution in [0.1, 0.15) is 12.0 Å². The number of aliphatic carboxylic acids is 1. The second-order valence-corrected chi connectivity index (χ2v) is 5.43. The van der Waals surface area contributed by atoms with Crippen molar-refractivity contribution < 1.29 is 28.9 Å². The van der Waals surface area contributed by atoms with Gasteiger partial charge in [-0.3, -0.25) is 4.79 Å². The molecule has 126 valence electrons. The molecule has 0 spiro atoms. The van der Waals surface area contributed by atoms with Crippen molar-refractivity contribution in [2.75, 3.05) is 26.9 Å². The monoisotopic (exact) mass is 343 g/mol. The summed E-state index contributed by atoms with van der Waals surface area (Å²) in [4.78, 5) is 23.2. The number of amides is 1. The fourth-order valence-electron chi connectivity index (χ4n) is 2.19. The van der Waals surface area contributed by atoms with Gasteiger partial charge in [-0.2, -0.15) is 0 Å². The van der Waals surface area contributed by atoms with Crippen molar-refractivity contribution in [3.8, 4) is 11.5 Å². The Morgan fingerprint density at radius 1 is 1.39 bits per heavy atom. The maximum Gasteiger partial charge on any atom is 0.326 e. The summed E-state index contributed by atoms with van der Waals surface area (Å²) >= 11 is 6.11. The van der Waals surface area contributed by atoms with Gasteiger partial charge in [0.15, 0.2) is 11.5 Å². The van der Waals surface area contributed by atoms with Gasteiger partial charge in [0, 0.05) is 20.1 Å². The number of halogens is 1. The first-order chi connectivity index (χ1) is 11.0. The van der Waals surface area contributed by atoms with Gasteiger partial charge in [0.1, 0.15) is 19.3 Å². The van der Waals surface area contributed by atoms with Gasteiger partial charge in [0.05, 0.1) is 11.4 Å². The van der Waals surface area contributed by atoms with E-state index in [1.807, 2.05) is 0 Å². The molecule has 1 aliphatic rings. The summed E-state index contributed by atoms with van der Waals surface area (Å²) in [5.74, 6) is -0.567. The van der Waals surface area contributed by atoms with Crippen LogP contribution < -0.4 is 14.8 Å². The summed E-state index contributed by atoms with van der Waals surface area (Å²) in [5, 5.41) is 11.9. The lowest BCUT2D eigenvalue weighted by Crippen LogP contribution is -2.42. The highest BCUT2D eigenvalue weighted by atomic mass is 35.5. The van der Waals surface area contributed by atoms with Gasteiger partial charge in [0.2, 0.25) is 5.91 Å². The molecule has 0 aromatic heterocycles. The first kappa shape index (κ1) is 17.4. The van der Waals surface area contributed by atoms with Crippen LogP contribution in [0.3, 0.4) is 0 Å². The van der Waals surface area contributed by atoms with Gasteiger partial charge in [-0.1, -0.05) is 11.6 Å². The summed E-state index contributed by atoms with van der Waals surface area (Å²) in [5.41, 5.74) is 0.618. The standard InChI is InChI=1S/C15H18ClNO6/c1-21-3-2-11(15(19)20)17-13(18)8-9-6-10(16)14-12(7-9)22-4-5-23-14/h6-7,11H,2-5,8H2,1H3,(H,17,18)(H,19,20). The lowest BCUT2D eigenvalue weighted by Gasteiger charge is -2.20. The Bertz CT molecular complexity index is 592. The van der Waals surface area contributed by atoms with Crippen molar-refractivity contribution >= 4 is 23.5 Å². The molecule has 1 unspecified atom stereocenters. The minimum absolute atomic E-state index is 0.00682. The second-order valence-electron chi connectivity index (χ2n) is 5.02. The third-order valence-electron chi connectivity index (χ3n) is 3.27. The predicted octanol–water partition coefficient (Wildman–Crippen LogP) is 1.26. The van der Waals surface area contributed by atoms with Gasteiger partial charge >= 0.3 is 5.97 Å². The quantitative estimate of drug-likeness (QED) is 0.774. The highest BCUT2D eigenvalue weighted by Gasteiger charge is 2.21. The van der Waals surface area contributed by atoms with Gasteiger partial charge < -0.3 is 24.6 Å². The van der Waals surface area contributed by atoms with E-state index < -0.39 is 17.9 Å². The van der Waals surface area contributed by atoms with Crippen LogP contribution in [0.25, 0.3) is 0 Å². The molecule has 0 saturated carbocycles. The van der Waals surface area contributed by atoms with Crippen LogP contribution in [-0.4, -0.2) is 50.0 Å². The van der Waals surface area contributed by atoms with E-state index in [9.17, 15) is 9.59 Å². The number of fused-ring (bicyclic) bond motifs is 1. The highest BCUT2D eigenvalue weighted by molar-refractivity contribution is 6.32. The molecule has 1 heterocycles. The number of nitrogens with one attached hydrogen (secondary N) is 1. The molecule has 1 aliphatic heterocycles. The number of carbonyl (C=O) groups is 2. The Labute approximate surface area is 138 Å². The SMILES string of the molecule is COCCC(NC(=O)Cc1cc(Cl)c2c(c1)OCCO2)C(=O)O. The number of ether oxygens (including phenoxy) is 3. The van der Waals surface area contributed by atoms with Crippen LogP contribution in [0, 0.1) is 0 Å². The van der Waals surface area contributed by atoms with E-state index in [0.717, 1.165) is 0 Å². The van der Waals surface area contributed by atoms with Crippen molar-refractivity contribution in [3.05, 3.63) is 22.7 Å². The van der Waals surface area contributed by atoms with E-state index in [1.165, 1.54) is 7.11 Å². The number of hydrogen-bond donors (Lipinski definition) is 2. The third-order valence-corrected chi connectivity index (χ3v) is 3.55. The van der Waals surface area contributed by atoms with Crippen molar-refractivity contribution in [2.24, 2.45) is 0 Å². The normalized spacial score (nSPS) is 14.2. The van der Waals surface area contributed by atoms with Gasteiger partial charge in [-0.05, 0) is 17.7 Å². The summed E-state index contributed by atoms with van der Waals surface area (Å²) in [6.45, 7) is 1.08.